The molecule has 2 N–H and O–H groups in total. The normalized spacial score (nSPS) is 10.4. The molecule has 3 nitrogen and oxygen atoms in total. The van der Waals surface area contributed by atoms with Gasteiger partial charge >= 0.3 is 0 Å². The van der Waals surface area contributed by atoms with E-state index in [9.17, 15) is 0 Å². The van der Waals surface area contributed by atoms with Crippen molar-refractivity contribution < 1.29 is 0 Å². The van der Waals surface area contributed by atoms with Gasteiger partial charge in [-0.2, -0.15) is 5.10 Å². The number of hydrogen-bond acceptors (Lipinski definition) is 2. The summed E-state index contributed by atoms with van der Waals surface area (Å²) in [6.45, 7) is 1.97. The molecule has 1 aromatic carbocycles. The molecule has 0 aliphatic carbocycles. The van der Waals surface area contributed by atoms with Crippen LogP contribution in [0.4, 0.5) is 5.69 Å². The maximum atomic E-state index is 5.84. The highest BCUT2D eigenvalue weighted by Crippen LogP contribution is 2.21. The number of halogens is 1. The molecule has 0 unspecified atom stereocenters. The van der Waals surface area contributed by atoms with Crippen molar-refractivity contribution >= 4 is 17.3 Å². The Morgan fingerprint density at radius 2 is 2.14 bits per heavy atom. The molecule has 1 heterocycles. The Hall–Kier alpha value is -1.48. The lowest BCUT2D eigenvalue weighted by atomic mass is 10.2. The Morgan fingerprint density at radius 3 is 2.71 bits per heavy atom. The van der Waals surface area contributed by atoms with E-state index in [0.717, 1.165) is 11.4 Å². The topological polar surface area (TPSA) is 43.8 Å². The molecule has 0 amide bonds. The molecular weight excluding hydrogens is 198 g/mol. The van der Waals surface area contributed by atoms with Gasteiger partial charge in [-0.15, -0.1) is 0 Å². The molecule has 2 rings (SSSR count). The quantitative estimate of drug-likeness (QED) is 0.730. The van der Waals surface area contributed by atoms with Gasteiger partial charge in [0.05, 0.1) is 11.4 Å². The smallest absolute Gasteiger partial charge is 0.0878 e. The summed E-state index contributed by atoms with van der Waals surface area (Å²) in [7, 11) is 0. The van der Waals surface area contributed by atoms with Crippen LogP contribution in [-0.4, -0.2) is 9.78 Å². The molecule has 0 aliphatic heterocycles. The average molecular weight is 208 g/mol. The summed E-state index contributed by atoms with van der Waals surface area (Å²) in [5.41, 5.74) is 8.36. The zero-order chi connectivity index (χ0) is 10.1. The van der Waals surface area contributed by atoms with Crippen LogP contribution in [0.3, 0.4) is 0 Å². The van der Waals surface area contributed by atoms with Crippen molar-refractivity contribution in [3.8, 4) is 5.69 Å². The fraction of sp³-hybridized carbons (Fsp3) is 0.100. The van der Waals surface area contributed by atoms with Crippen LogP contribution in [0.2, 0.25) is 5.02 Å². The van der Waals surface area contributed by atoms with Gasteiger partial charge in [-0.1, -0.05) is 11.6 Å². The highest BCUT2D eigenvalue weighted by atomic mass is 35.5. The van der Waals surface area contributed by atoms with E-state index in [1.165, 1.54) is 0 Å². The minimum absolute atomic E-state index is 0.629. The number of nitrogens with zero attached hydrogens (tertiary/aromatic N) is 2. The third-order valence-corrected chi connectivity index (χ3v) is 2.28. The van der Waals surface area contributed by atoms with Gasteiger partial charge in [-0.05, 0) is 31.2 Å². The van der Waals surface area contributed by atoms with Gasteiger partial charge in [-0.25, -0.2) is 4.68 Å². The van der Waals surface area contributed by atoms with Crippen molar-refractivity contribution in [1.29, 1.82) is 0 Å². The maximum Gasteiger partial charge on any atom is 0.0878 e. The monoisotopic (exact) mass is 207 g/mol. The largest absolute Gasteiger partial charge is 0.397 e. The first-order valence-corrected chi connectivity index (χ1v) is 4.62. The molecule has 0 saturated carbocycles. The highest BCUT2D eigenvalue weighted by molar-refractivity contribution is 6.30. The number of hydrogen-bond donors (Lipinski definition) is 1. The van der Waals surface area contributed by atoms with E-state index in [2.05, 4.69) is 5.10 Å². The molecular formula is C10H10ClN3. The lowest BCUT2D eigenvalue weighted by molar-refractivity contribution is 0.849. The van der Waals surface area contributed by atoms with Gasteiger partial charge in [0.25, 0.3) is 0 Å². The molecule has 14 heavy (non-hydrogen) atoms. The van der Waals surface area contributed by atoms with E-state index in [1.54, 1.807) is 23.0 Å². The number of anilines is 1. The minimum Gasteiger partial charge on any atom is -0.397 e. The van der Waals surface area contributed by atoms with Crippen LogP contribution in [0.25, 0.3) is 5.69 Å². The van der Waals surface area contributed by atoms with Crippen molar-refractivity contribution in [2.75, 3.05) is 5.73 Å². The summed E-state index contributed by atoms with van der Waals surface area (Å²) in [5.74, 6) is 0. The van der Waals surface area contributed by atoms with Crippen LogP contribution in [-0.2, 0) is 0 Å². The number of aryl methyl sites for hydroxylation is 1. The third kappa shape index (κ3) is 1.46. The van der Waals surface area contributed by atoms with Crippen molar-refractivity contribution in [1.82, 2.24) is 9.78 Å². The van der Waals surface area contributed by atoms with Gasteiger partial charge in [0.15, 0.2) is 0 Å². The third-order valence-electron chi connectivity index (χ3n) is 2.05. The number of aromatic nitrogens is 2. The second-order valence-electron chi connectivity index (χ2n) is 3.09. The Labute approximate surface area is 87.1 Å². The lowest BCUT2D eigenvalue weighted by Crippen LogP contribution is -2.02. The lowest BCUT2D eigenvalue weighted by Gasteiger charge is -2.07. The molecule has 0 atom stereocenters. The van der Waals surface area contributed by atoms with E-state index in [-0.39, 0.29) is 0 Å². The summed E-state index contributed by atoms with van der Waals surface area (Å²) in [4.78, 5) is 0. The van der Waals surface area contributed by atoms with Crippen molar-refractivity contribution in [3.05, 3.63) is 41.2 Å². The summed E-state index contributed by atoms with van der Waals surface area (Å²) >= 11 is 5.81. The van der Waals surface area contributed by atoms with Crippen molar-refractivity contribution in [2.45, 2.75) is 6.92 Å². The van der Waals surface area contributed by atoms with Crippen LogP contribution in [0.5, 0.6) is 0 Å². The number of nitrogens with two attached hydrogens (primary N) is 1. The fourth-order valence-electron chi connectivity index (χ4n) is 1.34. The van der Waals surface area contributed by atoms with Crippen LogP contribution in [0.1, 0.15) is 5.69 Å². The van der Waals surface area contributed by atoms with Gasteiger partial charge < -0.3 is 5.73 Å². The SMILES string of the molecule is Cc1ccnn1-c1ccc(Cl)cc1N. The van der Waals surface area contributed by atoms with Crippen LogP contribution >= 0.6 is 11.6 Å². The predicted molar refractivity (Wildman–Crippen MR) is 57.7 cm³/mol. The fourth-order valence-corrected chi connectivity index (χ4v) is 1.52. The first-order valence-electron chi connectivity index (χ1n) is 4.24. The molecule has 0 fully saturated rings. The number of rotatable bonds is 1. The van der Waals surface area contributed by atoms with E-state index in [4.69, 9.17) is 17.3 Å². The maximum absolute atomic E-state index is 5.84. The van der Waals surface area contributed by atoms with E-state index < -0.39 is 0 Å². The molecule has 2 aromatic rings. The molecule has 1 aromatic heterocycles. The first kappa shape index (κ1) is 9.09. The van der Waals surface area contributed by atoms with E-state index in [1.807, 2.05) is 19.1 Å². The van der Waals surface area contributed by atoms with Crippen LogP contribution in [0, 0.1) is 6.92 Å². The molecule has 0 aliphatic rings. The van der Waals surface area contributed by atoms with Gasteiger partial charge in [0.1, 0.15) is 0 Å². The predicted octanol–water partition coefficient (Wildman–Crippen LogP) is 2.42. The summed E-state index contributed by atoms with van der Waals surface area (Å²) in [6, 6.07) is 7.30. The Balaban J connectivity index is 2.58. The van der Waals surface area contributed by atoms with E-state index >= 15 is 0 Å². The summed E-state index contributed by atoms with van der Waals surface area (Å²) in [6.07, 6.45) is 1.74. The summed E-state index contributed by atoms with van der Waals surface area (Å²) < 4.78 is 1.78. The van der Waals surface area contributed by atoms with Crippen molar-refractivity contribution in [3.63, 3.8) is 0 Å². The standard InChI is InChI=1S/C10H10ClN3/c1-7-4-5-13-14(7)10-3-2-8(11)6-9(10)12/h2-6H,12H2,1H3. The minimum atomic E-state index is 0.629. The molecule has 0 spiro atoms. The molecule has 4 heteroatoms. The number of benzene rings is 1. The molecule has 0 bridgehead atoms. The number of nitrogen functional groups attached to an aromatic ring is 1. The zero-order valence-corrected chi connectivity index (χ0v) is 8.49. The van der Waals surface area contributed by atoms with Gasteiger partial charge in [0, 0.05) is 16.9 Å². The molecule has 0 saturated heterocycles. The Bertz CT molecular complexity index is 462. The summed E-state index contributed by atoms with van der Waals surface area (Å²) in [5, 5.41) is 4.81. The van der Waals surface area contributed by atoms with E-state index in [0.29, 0.717) is 10.7 Å². The van der Waals surface area contributed by atoms with Gasteiger partial charge in [-0.3, -0.25) is 0 Å². The second kappa shape index (κ2) is 3.35. The van der Waals surface area contributed by atoms with Crippen LogP contribution < -0.4 is 5.73 Å². The second-order valence-corrected chi connectivity index (χ2v) is 3.52. The molecule has 72 valence electrons. The van der Waals surface area contributed by atoms with Crippen LogP contribution in [0.15, 0.2) is 30.5 Å². The molecule has 0 radical (unpaired) electrons. The Kier molecular flexibility index (Phi) is 2.17. The first-order chi connectivity index (χ1) is 6.68. The Morgan fingerprint density at radius 1 is 1.36 bits per heavy atom. The van der Waals surface area contributed by atoms with Gasteiger partial charge in [0.2, 0.25) is 0 Å². The van der Waals surface area contributed by atoms with Crippen molar-refractivity contribution in [2.24, 2.45) is 0 Å². The zero-order valence-electron chi connectivity index (χ0n) is 7.74. The average Bonchev–Trinajstić information content (AvgIpc) is 2.52. The highest BCUT2D eigenvalue weighted by Gasteiger charge is 2.04.